The molecule has 3 aromatic carbocycles. The van der Waals surface area contributed by atoms with Crippen molar-refractivity contribution in [2.45, 2.75) is 0 Å². The largest absolute Gasteiger partial charge is 0.506 e. The predicted molar refractivity (Wildman–Crippen MR) is 138 cm³/mol. The third-order valence-electron chi connectivity index (χ3n) is 5.11. The van der Waals surface area contributed by atoms with E-state index in [1.807, 2.05) is 48.5 Å². The third kappa shape index (κ3) is 4.72. The van der Waals surface area contributed by atoms with Crippen molar-refractivity contribution in [1.29, 1.82) is 5.26 Å². The van der Waals surface area contributed by atoms with E-state index in [2.05, 4.69) is 42.9 Å². The Labute approximate surface area is 213 Å². The van der Waals surface area contributed by atoms with E-state index in [0.717, 1.165) is 15.6 Å². The first-order valence-corrected chi connectivity index (χ1v) is 11.6. The number of phenols is 1. The van der Waals surface area contributed by atoms with Crippen molar-refractivity contribution in [3.63, 3.8) is 0 Å². The molecule has 0 radical (unpaired) electrons. The summed E-state index contributed by atoms with van der Waals surface area (Å²) in [6, 6.07) is 20.4. The molecule has 6 nitrogen and oxygen atoms in total. The van der Waals surface area contributed by atoms with Gasteiger partial charge in [0, 0.05) is 27.4 Å². The SMILES string of the molecule is COc1ccc(-c2oc(N=Cc3cc(Br)cc(Br)c3O)c(C#N)c2-c2ccc(OC)cc2)cc1. The van der Waals surface area contributed by atoms with Gasteiger partial charge < -0.3 is 19.0 Å². The first kappa shape index (κ1) is 23.6. The molecule has 4 rings (SSSR count). The normalized spacial score (nSPS) is 10.9. The molecule has 0 unspecified atom stereocenters. The van der Waals surface area contributed by atoms with Gasteiger partial charge in [-0.05, 0) is 70.0 Å². The molecule has 0 aliphatic rings. The summed E-state index contributed by atoms with van der Waals surface area (Å²) in [7, 11) is 3.19. The fraction of sp³-hybridized carbons (Fsp3) is 0.0769. The van der Waals surface area contributed by atoms with Crippen molar-refractivity contribution in [2.24, 2.45) is 4.99 Å². The predicted octanol–water partition coefficient (Wildman–Crippen LogP) is 7.48. The highest BCUT2D eigenvalue weighted by molar-refractivity contribution is 9.11. The number of benzene rings is 3. The molecule has 8 heteroatoms. The molecule has 0 bridgehead atoms. The minimum Gasteiger partial charge on any atom is -0.506 e. The summed E-state index contributed by atoms with van der Waals surface area (Å²) in [5, 5.41) is 20.4. The van der Waals surface area contributed by atoms with Crippen LogP contribution in [0.15, 0.2) is 79.0 Å². The minimum absolute atomic E-state index is 0.0303. The first-order valence-electron chi connectivity index (χ1n) is 10.0. The van der Waals surface area contributed by atoms with E-state index in [1.54, 1.807) is 26.4 Å². The highest BCUT2D eigenvalue weighted by atomic mass is 79.9. The smallest absolute Gasteiger partial charge is 0.238 e. The van der Waals surface area contributed by atoms with Crippen LogP contribution in [0.4, 0.5) is 5.88 Å². The number of halogens is 2. The molecule has 0 aliphatic carbocycles. The molecule has 34 heavy (non-hydrogen) atoms. The zero-order valence-electron chi connectivity index (χ0n) is 18.2. The first-order chi connectivity index (χ1) is 16.4. The second kappa shape index (κ2) is 10.2. The summed E-state index contributed by atoms with van der Waals surface area (Å²) in [6.07, 6.45) is 1.46. The lowest BCUT2D eigenvalue weighted by molar-refractivity contribution is 0.414. The van der Waals surface area contributed by atoms with Crippen LogP contribution >= 0.6 is 31.9 Å². The number of furan rings is 1. The van der Waals surface area contributed by atoms with Gasteiger partial charge in [-0.3, -0.25) is 0 Å². The van der Waals surface area contributed by atoms with Crippen molar-refractivity contribution < 1.29 is 19.0 Å². The molecule has 1 heterocycles. The van der Waals surface area contributed by atoms with Crippen LogP contribution in [-0.4, -0.2) is 25.5 Å². The molecule has 0 amide bonds. The van der Waals surface area contributed by atoms with Gasteiger partial charge in [0.2, 0.25) is 5.88 Å². The maximum atomic E-state index is 10.4. The molecule has 1 aromatic heterocycles. The average Bonchev–Trinajstić information content (AvgIpc) is 3.23. The van der Waals surface area contributed by atoms with Crippen molar-refractivity contribution in [2.75, 3.05) is 14.2 Å². The van der Waals surface area contributed by atoms with Gasteiger partial charge in [0.05, 0.1) is 18.7 Å². The average molecular weight is 582 g/mol. The molecular weight excluding hydrogens is 564 g/mol. The minimum atomic E-state index is 0.0303. The summed E-state index contributed by atoms with van der Waals surface area (Å²) >= 11 is 6.72. The fourth-order valence-electron chi connectivity index (χ4n) is 3.41. The van der Waals surface area contributed by atoms with Crippen molar-refractivity contribution >= 4 is 44.0 Å². The molecule has 0 fully saturated rings. The van der Waals surface area contributed by atoms with Gasteiger partial charge >= 0.3 is 0 Å². The summed E-state index contributed by atoms with van der Waals surface area (Å²) in [5.74, 6) is 2.06. The van der Waals surface area contributed by atoms with E-state index < -0.39 is 0 Å². The van der Waals surface area contributed by atoms with Gasteiger partial charge in [0.1, 0.15) is 34.6 Å². The van der Waals surface area contributed by atoms with E-state index >= 15 is 0 Å². The molecule has 0 atom stereocenters. The highest BCUT2D eigenvalue weighted by Crippen LogP contribution is 2.43. The zero-order chi connectivity index (χ0) is 24.2. The summed E-state index contributed by atoms with van der Waals surface area (Å²) < 4.78 is 17.9. The molecule has 0 aliphatic heterocycles. The van der Waals surface area contributed by atoms with Crippen molar-refractivity contribution in [1.82, 2.24) is 0 Å². The molecule has 0 saturated carbocycles. The van der Waals surface area contributed by atoms with Crippen LogP contribution in [0, 0.1) is 11.3 Å². The van der Waals surface area contributed by atoms with Gasteiger partial charge in [-0.25, -0.2) is 4.99 Å². The Morgan fingerprint density at radius 3 is 2.09 bits per heavy atom. The molecule has 4 aromatic rings. The van der Waals surface area contributed by atoms with Gasteiger partial charge in [-0.15, -0.1) is 0 Å². The van der Waals surface area contributed by atoms with E-state index in [4.69, 9.17) is 13.9 Å². The monoisotopic (exact) mass is 580 g/mol. The molecule has 1 N–H and O–H groups in total. The van der Waals surface area contributed by atoms with Crippen LogP contribution in [0.2, 0.25) is 0 Å². The maximum absolute atomic E-state index is 10.4. The zero-order valence-corrected chi connectivity index (χ0v) is 21.3. The second-order valence-corrected chi connectivity index (χ2v) is 8.91. The van der Waals surface area contributed by atoms with Gasteiger partial charge in [-0.2, -0.15) is 5.26 Å². The van der Waals surface area contributed by atoms with Gasteiger partial charge in [-0.1, -0.05) is 28.1 Å². The third-order valence-corrected chi connectivity index (χ3v) is 6.17. The van der Waals surface area contributed by atoms with E-state index in [9.17, 15) is 10.4 Å². The Kier molecular flexibility index (Phi) is 7.06. The van der Waals surface area contributed by atoms with Crippen LogP contribution in [0.1, 0.15) is 11.1 Å². The number of ether oxygens (including phenoxy) is 2. The van der Waals surface area contributed by atoms with Crippen molar-refractivity contribution in [3.05, 3.63) is 80.7 Å². The van der Waals surface area contributed by atoms with Crippen LogP contribution in [0.3, 0.4) is 0 Å². The van der Waals surface area contributed by atoms with E-state index in [-0.39, 0.29) is 17.2 Å². The Morgan fingerprint density at radius 1 is 0.941 bits per heavy atom. The maximum Gasteiger partial charge on any atom is 0.238 e. The Morgan fingerprint density at radius 2 is 1.53 bits per heavy atom. The lowest BCUT2D eigenvalue weighted by Gasteiger charge is -2.06. The molecular formula is C26H18Br2N2O4. The number of hydrogen-bond acceptors (Lipinski definition) is 6. The van der Waals surface area contributed by atoms with Crippen LogP contribution in [0.5, 0.6) is 17.2 Å². The number of aliphatic imine (C=N–C) groups is 1. The van der Waals surface area contributed by atoms with Crippen molar-refractivity contribution in [3.8, 4) is 45.8 Å². The Bertz CT molecular complexity index is 1400. The van der Waals surface area contributed by atoms with Gasteiger partial charge in [0.25, 0.3) is 0 Å². The quantitative estimate of drug-likeness (QED) is 0.238. The number of nitrogens with zero attached hydrogens (tertiary/aromatic N) is 2. The molecule has 170 valence electrons. The van der Waals surface area contributed by atoms with Gasteiger partial charge in [0.15, 0.2) is 0 Å². The van der Waals surface area contributed by atoms with Crippen LogP contribution in [0.25, 0.3) is 22.5 Å². The number of nitriles is 1. The number of methoxy groups -OCH3 is 2. The van der Waals surface area contributed by atoms with Crippen LogP contribution < -0.4 is 9.47 Å². The van der Waals surface area contributed by atoms with Crippen LogP contribution in [-0.2, 0) is 0 Å². The van der Waals surface area contributed by atoms with E-state index in [0.29, 0.717) is 32.9 Å². The second-order valence-electron chi connectivity index (χ2n) is 7.14. The number of phenolic OH excluding ortho intramolecular Hbond substituents is 1. The lowest BCUT2D eigenvalue weighted by Crippen LogP contribution is -1.87. The highest BCUT2D eigenvalue weighted by Gasteiger charge is 2.23. The molecule has 0 saturated heterocycles. The standard InChI is InChI=1S/C26H18Br2N2O4/c1-32-19-7-3-15(4-8-19)23-21(13-29)26(30-14-17-11-18(27)12-22(28)24(17)31)34-25(23)16-5-9-20(33-2)10-6-16/h3-12,14,31H,1-2H3. The number of rotatable bonds is 6. The topological polar surface area (TPSA) is 88.0 Å². The summed E-state index contributed by atoms with van der Waals surface area (Å²) in [5.41, 5.74) is 2.89. The summed E-state index contributed by atoms with van der Waals surface area (Å²) in [6.45, 7) is 0. The number of hydrogen-bond donors (Lipinski definition) is 1. The molecule has 0 spiro atoms. The fourth-order valence-corrected chi connectivity index (χ4v) is 4.66. The number of aromatic hydroxyl groups is 1. The Balaban J connectivity index is 1.89. The van der Waals surface area contributed by atoms with E-state index in [1.165, 1.54) is 6.21 Å². The Hall–Kier alpha value is -3.54. The lowest BCUT2D eigenvalue weighted by atomic mass is 9.98. The summed E-state index contributed by atoms with van der Waals surface area (Å²) in [4.78, 5) is 4.42.